The highest BCUT2D eigenvalue weighted by Gasteiger charge is 2.07. The molecule has 2 heterocycles. The SMILES string of the molecule is Cc1cccc(NC(=O)OCCOC(=O)Nc2cccc(C)n2)n1.Cl. The van der Waals surface area contributed by atoms with Gasteiger partial charge in [-0.25, -0.2) is 19.6 Å². The summed E-state index contributed by atoms with van der Waals surface area (Å²) in [7, 11) is 0. The first-order chi connectivity index (χ1) is 11.5. The van der Waals surface area contributed by atoms with E-state index in [1.54, 1.807) is 24.3 Å². The molecule has 0 saturated carbocycles. The number of hydrogen-bond donors (Lipinski definition) is 2. The molecule has 0 radical (unpaired) electrons. The van der Waals surface area contributed by atoms with Crippen molar-refractivity contribution >= 4 is 36.2 Å². The first-order valence-corrected chi connectivity index (χ1v) is 7.28. The molecule has 0 bridgehead atoms. The standard InChI is InChI=1S/C16H18N4O4.ClH/c1-11-5-3-7-13(17-11)19-15(21)23-9-10-24-16(22)20-14-8-4-6-12(2)18-14;/h3-8H,9-10H2,1-2H3,(H,17,19,21)(H,18,20,22);1H. The van der Waals surface area contributed by atoms with E-state index in [0.29, 0.717) is 11.6 Å². The summed E-state index contributed by atoms with van der Waals surface area (Å²) in [6.45, 7) is 3.47. The molecule has 134 valence electrons. The van der Waals surface area contributed by atoms with Crippen LogP contribution in [0.15, 0.2) is 36.4 Å². The Morgan fingerprint density at radius 2 is 1.24 bits per heavy atom. The Labute approximate surface area is 151 Å². The number of pyridine rings is 2. The second kappa shape index (κ2) is 10.1. The largest absolute Gasteiger partial charge is 0.446 e. The number of aromatic nitrogens is 2. The first-order valence-electron chi connectivity index (χ1n) is 7.28. The Kier molecular flexibility index (Phi) is 8.14. The number of amides is 2. The third kappa shape index (κ3) is 7.49. The second-order valence-electron chi connectivity index (χ2n) is 4.85. The lowest BCUT2D eigenvalue weighted by Crippen LogP contribution is -2.21. The number of carbonyl (C=O) groups is 2. The predicted octanol–water partition coefficient (Wildman–Crippen LogP) is 3.31. The molecule has 0 aliphatic carbocycles. The normalized spacial score (nSPS) is 9.52. The number of aryl methyl sites for hydroxylation is 2. The molecule has 8 nitrogen and oxygen atoms in total. The van der Waals surface area contributed by atoms with Crippen LogP contribution >= 0.6 is 12.4 Å². The van der Waals surface area contributed by atoms with Crippen molar-refractivity contribution in [3.8, 4) is 0 Å². The van der Waals surface area contributed by atoms with Gasteiger partial charge in [-0.15, -0.1) is 12.4 Å². The third-order valence-corrected chi connectivity index (χ3v) is 2.79. The Morgan fingerprint density at radius 3 is 1.60 bits per heavy atom. The zero-order chi connectivity index (χ0) is 17.4. The molecule has 0 fully saturated rings. The summed E-state index contributed by atoms with van der Waals surface area (Å²) in [6.07, 6.45) is -1.34. The van der Waals surface area contributed by atoms with Gasteiger partial charge in [0.25, 0.3) is 0 Å². The lowest BCUT2D eigenvalue weighted by molar-refractivity contribution is 0.110. The van der Waals surface area contributed by atoms with Crippen molar-refractivity contribution in [2.24, 2.45) is 0 Å². The van der Waals surface area contributed by atoms with Crippen molar-refractivity contribution in [3.63, 3.8) is 0 Å². The molecule has 0 atom stereocenters. The number of nitrogens with one attached hydrogen (secondary N) is 2. The minimum absolute atomic E-state index is 0. The summed E-state index contributed by atoms with van der Waals surface area (Å²) in [5, 5.41) is 4.96. The van der Waals surface area contributed by atoms with Crippen molar-refractivity contribution in [1.82, 2.24) is 9.97 Å². The van der Waals surface area contributed by atoms with Crippen LogP contribution in [0.4, 0.5) is 21.2 Å². The molecule has 0 spiro atoms. The maximum absolute atomic E-state index is 11.6. The summed E-state index contributed by atoms with van der Waals surface area (Å²) in [5.41, 5.74) is 1.55. The molecule has 0 aromatic carbocycles. The third-order valence-electron chi connectivity index (χ3n) is 2.79. The van der Waals surface area contributed by atoms with Crippen LogP contribution in [0.3, 0.4) is 0 Å². The minimum Gasteiger partial charge on any atom is -0.446 e. The molecule has 0 aliphatic rings. The molecule has 0 unspecified atom stereocenters. The van der Waals surface area contributed by atoms with E-state index < -0.39 is 12.2 Å². The topological polar surface area (TPSA) is 102 Å². The molecular weight excluding hydrogens is 348 g/mol. The lowest BCUT2D eigenvalue weighted by Gasteiger charge is -2.08. The quantitative estimate of drug-likeness (QED) is 0.787. The Bertz CT molecular complexity index is 665. The minimum atomic E-state index is -0.669. The predicted molar refractivity (Wildman–Crippen MR) is 95.1 cm³/mol. The summed E-state index contributed by atoms with van der Waals surface area (Å²) in [5.74, 6) is 0.786. The van der Waals surface area contributed by atoms with Gasteiger partial charge in [0.05, 0.1) is 0 Å². The van der Waals surface area contributed by atoms with Crippen LogP contribution < -0.4 is 10.6 Å². The molecule has 2 amide bonds. The molecule has 2 aromatic rings. The summed E-state index contributed by atoms with van der Waals surface area (Å²) in [4.78, 5) is 31.3. The van der Waals surface area contributed by atoms with Crippen molar-refractivity contribution in [1.29, 1.82) is 0 Å². The highest BCUT2D eigenvalue weighted by atomic mass is 35.5. The van der Waals surface area contributed by atoms with E-state index in [4.69, 9.17) is 9.47 Å². The van der Waals surface area contributed by atoms with Crippen LogP contribution in [0.25, 0.3) is 0 Å². The Balaban J connectivity index is 0.00000312. The zero-order valence-electron chi connectivity index (χ0n) is 13.8. The van der Waals surface area contributed by atoms with Crippen LogP contribution in [0.2, 0.25) is 0 Å². The highest BCUT2D eigenvalue weighted by Crippen LogP contribution is 2.05. The number of halogens is 1. The number of ether oxygens (including phenoxy) is 2. The molecule has 2 rings (SSSR count). The van der Waals surface area contributed by atoms with Gasteiger partial charge in [0.15, 0.2) is 0 Å². The van der Waals surface area contributed by atoms with E-state index >= 15 is 0 Å². The fraction of sp³-hybridized carbons (Fsp3) is 0.250. The van der Waals surface area contributed by atoms with Gasteiger partial charge in [-0.3, -0.25) is 10.6 Å². The van der Waals surface area contributed by atoms with Crippen molar-refractivity contribution in [3.05, 3.63) is 47.8 Å². The van der Waals surface area contributed by atoms with Gasteiger partial charge >= 0.3 is 12.2 Å². The number of hydrogen-bond acceptors (Lipinski definition) is 6. The molecule has 2 aromatic heterocycles. The van der Waals surface area contributed by atoms with Crippen LogP contribution in [0, 0.1) is 13.8 Å². The van der Waals surface area contributed by atoms with E-state index in [-0.39, 0.29) is 25.6 Å². The monoisotopic (exact) mass is 366 g/mol. The smallest absolute Gasteiger partial charge is 0.412 e. The van der Waals surface area contributed by atoms with E-state index in [1.807, 2.05) is 26.0 Å². The lowest BCUT2D eigenvalue weighted by atomic mass is 10.4. The number of nitrogens with zero attached hydrogens (tertiary/aromatic N) is 2. The van der Waals surface area contributed by atoms with E-state index in [1.165, 1.54) is 0 Å². The van der Waals surface area contributed by atoms with Gasteiger partial charge in [-0.1, -0.05) is 12.1 Å². The molecular formula is C16H19ClN4O4. The van der Waals surface area contributed by atoms with E-state index in [0.717, 1.165) is 11.4 Å². The molecule has 0 saturated heterocycles. The van der Waals surface area contributed by atoms with E-state index in [2.05, 4.69) is 20.6 Å². The maximum Gasteiger partial charge on any atom is 0.412 e. The number of rotatable bonds is 5. The molecule has 9 heteroatoms. The van der Waals surface area contributed by atoms with Gasteiger partial charge < -0.3 is 9.47 Å². The Hall–Kier alpha value is -2.87. The van der Waals surface area contributed by atoms with Gasteiger partial charge in [-0.05, 0) is 38.1 Å². The molecule has 0 aliphatic heterocycles. The second-order valence-corrected chi connectivity index (χ2v) is 4.85. The number of anilines is 2. The number of carbonyl (C=O) groups excluding carboxylic acids is 2. The summed E-state index contributed by atoms with van der Waals surface area (Å²) < 4.78 is 9.79. The maximum atomic E-state index is 11.6. The van der Waals surface area contributed by atoms with Gasteiger partial charge in [0.1, 0.15) is 24.8 Å². The van der Waals surface area contributed by atoms with Gasteiger partial charge in [-0.2, -0.15) is 0 Å². The van der Waals surface area contributed by atoms with Gasteiger partial charge in [0, 0.05) is 11.4 Å². The summed E-state index contributed by atoms with van der Waals surface area (Å²) >= 11 is 0. The highest BCUT2D eigenvalue weighted by molar-refractivity contribution is 5.85. The van der Waals surface area contributed by atoms with Crippen LogP contribution in [-0.2, 0) is 9.47 Å². The van der Waals surface area contributed by atoms with Crippen molar-refractivity contribution < 1.29 is 19.1 Å². The fourth-order valence-corrected chi connectivity index (χ4v) is 1.78. The zero-order valence-corrected chi connectivity index (χ0v) is 14.6. The van der Waals surface area contributed by atoms with Gasteiger partial charge in [0.2, 0.25) is 0 Å². The fourth-order valence-electron chi connectivity index (χ4n) is 1.78. The Morgan fingerprint density at radius 1 is 0.840 bits per heavy atom. The molecule has 2 N–H and O–H groups in total. The summed E-state index contributed by atoms with van der Waals surface area (Å²) in [6, 6.07) is 10.5. The molecule has 25 heavy (non-hydrogen) atoms. The van der Waals surface area contributed by atoms with Crippen LogP contribution in [-0.4, -0.2) is 35.4 Å². The van der Waals surface area contributed by atoms with Crippen molar-refractivity contribution in [2.75, 3.05) is 23.8 Å². The van der Waals surface area contributed by atoms with Crippen LogP contribution in [0.5, 0.6) is 0 Å². The average Bonchev–Trinajstić information content (AvgIpc) is 2.51. The first kappa shape index (κ1) is 20.2. The van der Waals surface area contributed by atoms with Crippen LogP contribution in [0.1, 0.15) is 11.4 Å². The average molecular weight is 367 g/mol. The van der Waals surface area contributed by atoms with Crippen molar-refractivity contribution in [2.45, 2.75) is 13.8 Å². The van der Waals surface area contributed by atoms with E-state index in [9.17, 15) is 9.59 Å².